The first-order valence-electron chi connectivity index (χ1n) is 6.38. The highest BCUT2D eigenvalue weighted by molar-refractivity contribution is 5.76. The molecule has 0 atom stereocenters. The van der Waals surface area contributed by atoms with E-state index in [2.05, 4.69) is 17.2 Å². The van der Waals surface area contributed by atoms with Crippen molar-refractivity contribution in [1.29, 1.82) is 0 Å². The zero-order valence-electron chi connectivity index (χ0n) is 11.6. The second-order valence-corrected chi connectivity index (χ2v) is 4.14. The Morgan fingerprint density at radius 1 is 1.06 bits per heavy atom. The van der Waals surface area contributed by atoms with E-state index in [0.717, 1.165) is 18.5 Å². The smallest absolute Gasteiger partial charge is 0.220 e. The fourth-order valence-electron chi connectivity index (χ4n) is 1.17. The van der Waals surface area contributed by atoms with Gasteiger partial charge < -0.3 is 20.1 Å². The zero-order valence-corrected chi connectivity index (χ0v) is 11.6. The molecule has 5 heteroatoms. The lowest BCUT2D eigenvalue weighted by atomic mass is 10.2. The molecule has 0 aromatic carbocycles. The summed E-state index contributed by atoms with van der Waals surface area (Å²) >= 11 is 0. The molecule has 0 radical (unpaired) electrons. The van der Waals surface area contributed by atoms with Gasteiger partial charge >= 0.3 is 0 Å². The number of rotatable bonds is 12. The number of carbonyl (C=O) groups is 1. The molecular formula is C13H26N2O3. The van der Waals surface area contributed by atoms with Gasteiger partial charge in [-0.1, -0.05) is 5.57 Å². The maximum Gasteiger partial charge on any atom is 0.220 e. The lowest BCUT2D eigenvalue weighted by molar-refractivity contribution is -0.121. The summed E-state index contributed by atoms with van der Waals surface area (Å²) < 4.78 is 10.6. The van der Waals surface area contributed by atoms with Gasteiger partial charge in [0.05, 0.1) is 26.4 Å². The van der Waals surface area contributed by atoms with Crippen LogP contribution >= 0.6 is 0 Å². The molecule has 0 fully saturated rings. The monoisotopic (exact) mass is 258 g/mol. The molecular weight excluding hydrogens is 232 g/mol. The van der Waals surface area contributed by atoms with E-state index in [1.54, 1.807) is 0 Å². The zero-order chi connectivity index (χ0) is 13.6. The Labute approximate surface area is 110 Å². The number of carbonyl (C=O) groups excluding carboxylic acids is 1. The van der Waals surface area contributed by atoms with E-state index in [9.17, 15) is 4.79 Å². The van der Waals surface area contributed by atoms with Gasteiger partial charge in [0.2, 0.25) is 5.91 Å². The quantitative estimate of drug-likeness (QED) is 0.400. The summed E-state index contributed by atoms with van der Waals surface area (Å²) in [6.07, 6.45) is 1.24. The van der Waals surface area contributed by atoms with Crippen molar-refractivity contribution in [1.82, 2.24) is 10.6 Å². The second kappa shape index (κ2) is 12.5. The Bertz CT molecular complexity index is 232. The van der Waals surface area contributed by atoms with Crippen LogP contribution in [-0.4, -0.2) is 52.5 Å². The third-order valence-electron chi connectivity index (χ3n) is 2.22. The number of hydrogen-bond donors (Lipinski definition) is 2. The van der Waals surface area contributed by atoms with Crippen molar-refractivity contribution >= 4 is 5.91 Å². The van der Waals surface area contributed by atoms with E-state index in [-0.39, 0.29) is 5.91 Å². The molecule has 0 unspecified atom stereocenters. The Morgan fingerprint density at radius 2 is 1.67 bits per heavy atom. The topological polar surface area (TPSA) is 59.6 Å². The summed E-state index contributed by atoms with van der Waals surface area (Å²) in [5.41, 5.74) is 1.03. The highest BCUT2D eigenvalue weighted by Crippen LogP contribution is 1.99. The fraction of sp³-hybridized carbons (Fsp3) is 0.769. The fourth-order valence-corrected chi connectivity index (χ4v) is 1.17. The van der Waals surface area contributed by atoms with Crippen molar-refractivity contribution in [3.8, 4) is 0 Å². The number of likely N-dealkylation sites (N-methyl/N-ethyl adjacent to an activating group) is 1. The van der Waals surface area contributed by atoms with Crippen LogP contribution in [0.2, 0.25) is 0 Å². The minimum Gasteiger partial charge on any atom is -0.378 e. The highest BCUT2D eigenvalue weighted by Gasteiger charge is 1.99. The molecule has 0 rings (SSSR count). The second-order valence-electron chi connectivity index (χ2n) is 4.14. The lowest BCUT2D eigenvalue weighted by Gasteiger charge is -2.07. The van der Waals surface area contributed by atoms with Crippen molar-refractivity contribution in [3.05, 3.63) is 12.2 Å². The summed E-state index contributed by atoms with van der Waals surface area (Å²) in [4.78, 5) is 11.3. The van der Waals surface area contributed by atoms with E-state index >= 15 is 0 Å². The summed E-state index contributed by atoms with van der Waals surface area (Å²) in [6, 6.07) is 0. The van der Waals surface area contributed by atoms with Gasteiger partial charge in [0, 0.05) is 19.5 Å². The molecule has 0 aliphatic heterocycles. The van der Waals surface area contributed by atoms with E-state index in [1.807, 2.05) is 14.0 Å². The number of nitrogens with one attached hydrogen (secondary N) is 2. The first-order chi connectivity index (χ1) is 8.66. The van der Waals surface area contributed by atoms with Crippen molar-refractivity contribution in [3.63, 3.8) is 0 Å². The van der Waals surface area contributed by atoms with Crippen LogP contribution in [0.15, 0.2) is 12.2 Å². The number of ether oxygens (including phenoxy) is 2. The third kappa shape index (κ3) is 13.2. The van der Waals surface area contributed by atoms with Crippen molar-refractivity contribution in [2.75, 3.05) is 46.6 Å². The van der Waals surface area contributed by atoms with E-state index < -0.39 is 0 Å². The van der Waals surface area contributed by atoms with Gasteiger partial charge in [-0.05, 0) is 20.4 Å². The molecule has 2 N–H and O–H groups in total. The summed E-state index contributed by atoms with van der Waals surface area (Å²) in [6.45, 7) is 9.43. The van der Waals surface area contributed by atoms with E-state index in [4.69, 9.17) is 9.47 Å². The Hall–Kier alpha value is -0.910. The van der Waals surface area contributed by atoms with Crippen molar-refractivity contribution in [2.24, 2.45) is 0 Å². The third-order valence-corrected chi connectivity index (χ3v) is 2.22. The Balaban J connectivity index is 3.15. The van der Waals surface area contributed by atoms with Crippen LogP contribution in [0.1, 0.15) is 19.8 Å². The van der Waals surface area contributed by atoms with Crippen LogP contribution in [0.4, 0.5) is 0 Å². The predicted molar refractivity (Wildman–Crippen MR) is 72.6 cm³/mol. The minimum atomic E-state index is 0.0480. The standard InChI is InChI=1S/C13H26N2O3/c1-12(2)4-5-13(16)15-7-9-18-11-10-17-8-6-14-3/h14H,1,4-11H2,2-3H3,(H,15,16). The van der Waals surface area contributed by atoms with Crippen molar-refractivity contribution < 1.29 is 14.3 Å². The normalized spacial score (nSPS) is 10.3. The molecule has 0 heterocycles. The molecule has 0 aliphatic carbocycles. The van der Waals surface area contributed by atoms with Gasteiger partial charge in [0.15, 0.2) is 0 Å². The SMILES string of the molecule is C=C(C)CCC(=O)NCCOCCOCCNC. The first kappa shape index (κ1) is 17.1. The molecule has 5 nitrogen and oxygen atoms in total. The van der Waals surface area contributed by atoms with Crippen LogP contribution in [0.25, 0.3) is 0 Å². The largest absolute Gasteiger partial charge is 0.378 e. The lowest BCUT2D eigenvalue weighted by Crippen LogP contribution is -2.27. The van der Waals surface area contributed by atoms with Gasteiger partial charge in [-0.15, -0.1) is 6.58 Å². The van der Waals surface area contributed by atoms with E-state index in [1.165, 1.54) is 0 Å². The van der Waals surface area contributed by atoms with Gasteiger partial charge in [0.1, 0.15) is 0 Å². The molecule has 1 amide bonds. The maximum atomic E-state index is 11.3. The minimum absolute atomic E-state index is 0.0480. The molecule has 0 saturated heterocycles. The molecule has 18 heavy (non-hydrogen) atoms. The van der Waals surface area contributed by atoms with Gasteiger partial charge in [-0.3, -0.25) is 4.79 Å². The molecule has 106 valence electrons. The maximum absolute atomic E-state index is 11.3. The van der Waals surface area contributed by atoms with Crippen molar-refractivity contribution in [2.45, 2.75) is 19.8 Å². The molecule has 0 spiro atoms. The van der Waals surface area contributed by atoms with Crippen LogP contribution in [0.5, 0.6) is 0 Å². The van der Waals surface area contributed by atoms with Gasteiger partial charge in [-0.25, -0.2) is 0 Å². The van der Waals surface area contributed by atoms with Gasteiger partial charge in [-0.2, -0.15) is 0 Å². The van der Waals surface area contributed by atoms with Crippen LogP contribution < -0.4 is 10.6 Å². The van der Waals surface area contributed by atoms with Crippen LogP contribution in [0, 0.1) is 0 Å². The molecule has 0 aliphatic rings. The van der Waals surface area contributed by atoms with Crippen LogP contribution in [0.3, 0.4) is 0 Å². The number of allylic oxidation sites excluding steroid dienone is 1. The molecule has 0 saturated carbocycles. The Kier molecular flexibility index (Phi) is 11.9. The molecule has 0 aromatic heterocycles. The summed E-state index contributed by atoms with van der Waals surface area (Å²) in [5, 5.41) is 5.79. The number of hydrogen-bond acceptors (Lipinski definition) is 4. The Morgan fingerprint density at radius 3 is 2.22 bits per heavy atom. The molecule has 0 bridgehead atoms. The average molecular weight is 258 g/mol. The average Bonchev–Trinajstić information content (AvgIpc) is 2.34. The summed E-state index contributed by atoms with van der Waals surface area (Å²) in [7, 11) is 1.89. The van der Waals surface area contributed by atoms with Gasteiger partial charge in [0.25, 0.3) is 0 Å². The summed E-state index contributed by atoms with van der Waals surface area (Å²) in [5.74, 6) is 0.0480. The molecule has 0 aromatic rings. The first-order valence-corrected chi connectivity index (χ1v) is 6.38. The predicted octanol–water partition coefficient (Wildman–Crippen LogP) is 0.712. The highest BCUT2D eigenvalue weighted by atomic mass is 16.5. The number of amides is 1. The van der Waals surface area contributed by atoms with Crippen LogP contribution in [-0.2, 0) is 14.3 Å². The van der Waals surface area contributed by atoms with E-state index in [0.29, 0.717) is 39.4 Å².